The van der Waals surface area contributed by atoms with Crippen LogP contribution in [0.3, 0.4) is 0 Å². The molecule has 0 aliphatic heterocycles. The average Bonchev–Trinajstić information content (AvgIpc) is 3.33. The quantitative estimate of drug-likeness (QED) is 0.536. The standard InChI is InChI=1S/C22H16N6O2/c23-12-16-3-1-4-17(9-16)13-30-20-6-2-5-19(11-20)27-22(29)18-7-8-25-21(10-18)28-15-24-14-26-28/h1-11,14-15H,13H2,(H,27,29). The number of anilines is 1. The largest absolute Gasteiger partial charge is 0.489 e. The van der Waals surface area contributed by atoms with Gasteiger partial charge in [0, 0.05) is 23.5 Å². The third-order valence-electron chi connectivity index (χ3n) is 4.21. The number of aromatic nitrogens is 4. The highest BCUT2D eigenvalue weighted by atomic mass is 16.5. The Morgan fingerprint density at radius 1 is 1.13 bits per heavy atom. The molecule has 0 saturated heterocycles. The van der Waals surface area contributed by atoms with Crippen LogP contribution in [0.5, 0.6) is 5.75 Å². The highest BCUT2D eigenvalue weighted by molar-refractivity contribution is 6.04. The summed E-state index contributed by atoms with van der Waals surface area (Å²) in [5, 5.41) is 15.9. The van der Waals surface area contributed by atoms with E-state index in [1.165, 1.54) is 17.3 Å². The molecule has 0 spiro atoms. The summed E-state index contributed by atoms with van der Waals surface area (Å²) < 4.78 is 7.28. The molecule has 8 nitrogen and oxygen atoms in total. The van der Waals surface area contributed by atoms with Crippen LogP contribution in [0, 0.1) is 11.3 Å². The van der Waals surface area contributed by atoms with Crippen LogP contribution in [0.2, 0.25) is 0 Å². The fraction of sp³-hybridized carbons (Fsp3) is 0.0455. The third-order valence-corrected chi connectivity index (χ3v) is 4.21. The van der Waals surface area contributed by atoms with Crippen molar-refractivity contribution < 1.29 is 9.53 Å². The number of carbonyl (C=O) groups excluding carboxylic acids is 1. The molecule has 2 aromatic heterocycles. The van der Waals surface area contributed by atoms with Crippen molar-refractivity contribution in [2.24, 2.45) is 0 Å². The highest BCUT2D eigenvalue weighted by Gasteiger charge is 2.09. The minimum absolute atomic E-state index is 0.280. The Morgan fingerprint density at radius 2 is 2.03 bits per heavy atom. The lowest BCUT2D eigenvalue weighted by Gasteiger charge is -2.10. The van der Waals surface area contributed by atoms with Gasteiger partial charge in [0.25, 0.3) is 5.91 Å². The SMILES string of the molecule is N#Cc1cccc(COc2cccc(NC(=O)c3ccnc(-n4cncn4)c3)c2)c1. The second-order valence-corrected chi connectivity index (χ2v) is 6.33. The van der Waals surface area contributed by atoms with Crippen LogP contribution in [0.25, 0.3) is 5.82 Å². The predicted octanol–water partition coefficient (Wildman–Crippen LogP) is 3.37. The molecule has 1 amide bonds. The van der Waals surface area contributed by atoms with E-state index >= 15 is 0 Å². The zero-order valence-corrected chi connectivity index (χ0v) is 15.8. The Bertz CT molecular complexity index is 1210. The molecule has 146 valence electrons. The summed E-state index contributed by atoms with van der Waals surface area (Å²) in [6.45, 7) is 0.318. The van der Waals surface area contributed by atoms with Gasteiger partial charge in [0.05, 0.1) is 11.6 Å². The van der Waals surface area contributed by atoms with Crippen LogP contribution in [0.4, 0.5) is 5.69 Å². The third kappa shape index (κ3) is 4.48. The van der Waals surface area contributed by atoms with Crippen molar-refractivity contribution in [2.45, 2.75) is 6.61 Å². The molecule has 2 heterocycles. The van der Waals surface area contributed by atoms with E-state index in [0.717, 1.165) is 5.56 Å². The van der Waals surface area contributed by atoms with Crippen LogP contribution in [0.1, 0.15) is 21.5 Å². The van der Waals surface area contributed by atoms with Gasteiger partial charge in [0.2, 0.25) is 0 Å². The molecule has 0 aliphatic rings. The van der Waals surface area contributed by atoms with E-state index in [0.29, 0.717) is 35.0 Å². The Morgan fingerprint density at radius 3 is 2.87 bits per heavy atom. The van der Waals surface area contributed by atoms with Gasteiger partial charge < -0.3 is 10.1 Å². The van der Waals surface area contributed by atoms with Crippen molar-refractivity contribution in [3.8, 4) is 17.6 Å². The molecule has 2 aromatic carbocycles. The first-order valence-corrected chi connectivity index (χ1v) is 9.05. The number of nitrogens with one attached hydrogen (secondary N) is 1. The van der Waals surface area contributed by atoms with Crippen molar-refractivity contribution in [3.63, 3.8) is 0 Å². The van der Waals surface area contributed by atoms with Crippen LogP contribution in [-0.4, -0.2) is 25.7 Å². The first-order chi connectivity index (χ1) is 14.7. The zero-order chi connectivity index (χ0) is 20.8. The van der Waals surface area contributed by atoms with Gasteiger partial charge in [-0.2, -0.15) is 10.4 Å². The number of pyridine rings is 1. The number of hydrogen-bond acceptors (Lipinski definition) is 6. The Labute approximate surface area is 172 Å². The van der Waals surface area contributed by atoms with Crippen LogP contribution in [0.15, 0.2) is 79.5 Å². The molecular weight excluding hydrogens is 380 g/mol. The molecular formula is C22H16N6O2. The van der Waals surface area contributed by atoms with Crippen molar-refractivity contribution >= 4 is 11.6 Å². The first-order valence-electron chi connectivity index (χ1n) is 9.05. The van der Waals surface area contributed by atoms with Crippen molar-refractivity contribution in [1.29, 1.82) is 5.26 Å². The Kier molecular flexibility index (Phi) is 5.44. The van der Waals surface area contributed by atoms with Crippen LogP contribution in [-0.2, 0) is 6.61 Å². The van der Waals surface area contributed by atoms with E-state index in [9.17, 15) is 4.79 Å². The first kappa shape index (κ1) is 18.8. The number of amides is 1. The molecule has 0 saturated carbocycles. The van der Waals surface area contributed by atoms with Gasteiger partial charge >= 0.3 is 0 Å². The van der Waals surface area contributed by atoms with Gasteiger partial charge in [0.15, 0.2) is 5.82 Å². The molecule has 0 unspecified atom stereocenters. The summed E-state index contributed by atoms with van der Waals surface area (Å²) in [5.74, 6) is 0.822. The van der Waals surface area contributed by atoms with Gasteiger partial charge in [-0.15, -0.1) is 0 Å². The zero-order valence-electron chi connectivity index (χ0n) is 15.8. The maximum Gasteiger partial charge on any atom is 0.255 e. The van der Waals surface area contributed by atoms with Gasteiger partial charge in [-0.3, -0.25) is 4.79 Å². The monoisotopic (exact) mass is 396 g/mol. The maximum absolute atomic E-state index is 12.6. The summed E-state index contributed by atoms with van der Waals surface area (Å²) in [6.07, 6.45) is 4.45. The molecule has 0 fully saturated rings. The van der Waals surface area contributed by atoms with E-state index < -0.39 is 0 Å². The van der Waals surface area contributed by atoms with Crippen LogP contribution >= 0.6 is 0 Å². The van der Waals surface area contributed by atoms with Gasteiger partial charge in [-0.25, -0.2) is 14.6 Å². The lowest BCUT2D eigenvalue weighted by molar-refractivity contribution is 0.102. The number of carbonyl (C=O) groups is 1. The van der Waals surface area contributed by atoms with Crippen LogP contribution < -0.4 is 10.1 Å². The minimum Gasteiger partial charge on any atom is -0.489 e. The normalized spacial score (nSPS) is 10.2. The van der Waals surface area contributed by atoms with E-state index in [1.807, 2.05) is 12.1 Å². The summed E-state index contributed by atoms with van der Waals surface area (Å²) in [5.41, 5.74) is 2.51. The van der Waals surface area contributed by atoms with Crippen molar-refractivity contribution in [1.82, 2.24) is 19.7 Å². The molecule has 8 heteroatoms. The van der Waals surface area contributed by atoms with Gasteiger partial charge in [-0.05, 0) is 42.0 Å². The van der Waals surface area contributed by atoms with Gasteiger partial charge in [-0.1, -0.05) is 18.2 Å². The smallest absolute Gasteiger partial charge is 0.255 e. The lowest BCUT2D eigenvalue weighted by atomic mass is 10.1. The Hall–Kier alpha value is -4.51. The summed E-state index contributed by atoms with van der Waals surface area (Å²) in [6, 6.07) is 19.7. The highest BCUT2D eigenvalue weighted by Crippen LogP contribution is 2.20. The van der Waals surface area contributed by atoms with E-state index in [1.54, 1.807) is 54.7 Å². The second-order valence-electron chi connectivity index (χ2n) is 6.33. The molecule has 0 radical (unpaired) electrons. The molecule has 30 heavy (non-hydrogen) atoms. The summed E-state index contributed by atoms with van der Waals surface area (Å²) in [7, 11) is 0. The molecule has 0 bridgehead atoms. The second kappa shape index (κ2) is 8.67. The van der Waals surface area contributed by atoms with Crippen molar-refractivity contribution in [2.75, 3.05) is 5.32 Å². The van der Waals surface area contributed by atoms with Crippen molar-refractivity contribution in [3.05, 3.63) is 96.2 Å². The van der Waals surface area contributed by atoms with E-state index in [2.05, 4.69) is 26.5 Å². The summed E-state index contributed by atoms with van der Waals surface area (Å²) >= 11 is 0. The topological polar surface area (TPSA) is 106 Å². The van der Waals surface area contributed by atoms with Gasteiger partial charge in [0.1, 0.15) is 25.0 Å². The number of nitriles is 1. The molecule has 0 atom stereocenters. The minimum atomic E-state index is -0.280. The summed E-state index contributed by atoms with van der Waals surface area (Å²) in [4.78, 5) is 20.7. The number of benzene rings is 2. The number of nitrogens with zero attached hydrogens (tertiary/aromatic N) is 5. The number of ether oxygens (including phenoxy) is 1. The fourth-order valence-corrected chi connectivity index (χ4v) is 2.78. The van der Waals surface area contributed by atoms with E-state index in [-0.39, 0.29) is 5.91 Å². The number of hydrogen-bond donors (Lipinski definition) is 1. The predicted molar refractivity (Wildman–Crippen MR) is 109 cm³/mol. The number of rotatable bonds is 6. The van der Waals surface area contributed by atoms with E-state index in [4.69, 9.17) is 10.00 Å². The molecule has 1 N–H and O–H groups in total. The Balaban J connectivity index is 1.43. The lowest BCUT2D eigenvalue weighted by Crippen LogP contribution is -2.13. The fourth-order valence-electron chi connectivity index (χ4n) is 2.78. The average molecular weight is 396 g/mol. The maximum atomic E-state index is 12.6. The molecule has 4 rings (SSSR count). The molecule has 0 aliphatic carbocycles. The molecule has 4 aromatic rings.